The molecule has 0 unspecified atom stereocenters. The molecule has 2 atom stereocenters. The lowest BCUT2D eigenvalue weighted by molar-refractivity contribution is -0.126. The summed E-state index contributed by atoms with van der Waals surface area (Å²) in [6, 6.07) is 15.0. The third-order valence-corrected chi connectivity index (χ3v) is 6.95. The lowest BCUT2D eigenvalue weighted by Crippen LogP contribution is -2.52. The van der Waals surface area contributed by atoms with Gasteiger partial charge in [-0.15, -0.1) is 11.8 Å². The Morgan fingerprint density at radius 3 is 2.61 bits per heavy atom. The van der Waals surface area contributed by atoms with Gasteiger partial charge in [-0.1, -0.05) is 30.3 Å². The fourth-order valence-electron chi connectivity index (χ4n) is 4.02. The number of rotatable bonds is 5. The number of carbonyl (C=O) groups excluding carboxylic acids is 2. The van der Waals surface area contributed by atoms with Crippen LogP contribution in [-0.2, 0) is 11.2 Å². The van der Waals surface area contributed by atoms with Crippen LogP contribution in [0.15, 0.2) is 48.5 Å². The minimum Gasteiger partial charge on any atom is -0.497 e. The first-order chi connectivity index (χ1) is 13.4. The second-order valence-electron chi connectivity index (χ2n) is 7.66. The summed E-state index contributed by atoms with van der Waals surface area (Å²) in [5, 5.41) is 2.95. The average molecular weight is 397 g/mol. The molecule has 1 fully saturated rings. The Morgan fingerprint density at radius 2 is 1.89 bits per heavy atom. The standard InChI is InChI=1S/C22H24N2O3S/c1-22(2)18(19(25)23-13-12-14-8-10-15(27-3)11-9-14)24-20(26)16-6-4-5-7-17(16)21(24)28-22/h4-11,18,21H,12-13H2,1-3H3,(H,23,25)/t18-,21-/m1/s1. The van der Waals surface area contributed by atoms with Gasteiger partial charge >= 0.3 is 0 Å². The number of hydrogen-bond donors (Lipinski definition) is 1. The van der Waals surface area contributed by atoms with Crippen LogP contribution in [0.4, 0.5) is 0 Å². The SMILES string of the molecule is COc1ccc(CCNC(=O)[C@H]2N3C(=O)c4ccccc4[C@H]3SC2(C)C)cc1. The van der Waals surface area contributed by atoms with Crippen molar-refractivity contribution in [3.05, 3.63) is 65.2 Å². The van der Waals surface area contributed by atoms with Gasteiger partial charge < -0.3 is 15.0 Å². The molecule has 0 aromatic heterocycles. The number of nitrogens with zero attached hydrogens (tertiary/aromatic N) is 1. The summed E-state index contributed by atoms with van der Waals surface area (Å²) in [5.41, 5.74) is 2.86. The van der Waals surface area contributed by atoms with Gasteiger partial charge in [-0.3, -0.25) is 9.59 Å². The van der Waals surface area contributed by atoms with Gasteiger partial charge in [0.25, 0.3) is 5.91 Å². The Labute approximate surface area is 169 Å². The van der Waals surface area contributed by atoms with Crippen LogP contribution in [0.25, 0.3) is 0 Å². The summed E-state index contributed by atoms with van der Waals surface area (Å²) in [6.07, 6.45) is 0.730. The number of fused-ring (bicyclic) bond motifs is 3. The maximum absolute atomic E-state index is 13.1. The van der Waals surface area contributed by atoms with E-state index < -0.39 is 6.04 Å². The Hall–Kier alpha value is -2.47. The van der Waals surface area contributed by atoms with Crippen molar-refractivity contribution in [2.45, 2.75) is 36.4 Å². The molecule has 0 saturated carbocycles. The summed E-state index contributed by atoms with van der Waals surface area (Å²) in [5.74, 6) is 0.680. The van der Waals surface area contributed by atoms with Gasteiger partial charge in [-0.2, -0.15) is 0 Å². The zero-order valence-electron chi connectivity index (χ0n) is 16.3. The first-order valence-corrected chi connectivity index (χ1v) is 10.3. The third-order valence-electron chi connectivity index (χ3n) is 5.42. The van der Waals surface area contributed by atoms with Crippen molar-refractivity contribution in [2.75, 3.05) is 13.7 Å². The summed E-state index contributed by atoms with van der Waals surface area (Å²) in [6.45, 7) is 4.61. The van der Waals surface area contributed by atoms with Gasteiger partial charge in [-0.25, -0.2) is 0 Å². The van der Waals surface area contributed by atoms with Crippen LogP contribution in [0.1, 0.15) is 40.7 Å². The molecule has 6 heteroatoms. The van der Waals surface area contributed by atoms with Crippen LogP contribution in [0.2, 0.25) is 0 Å². The monoisotopic (exact) mass is 396 g/mol. The molecule has 2 aromatic carbocycles. The molecule has 0 spiro atoms. The van der Waals surface area contributed by atoms with E-state index in [1.807, 2.05) is 62.4 Å². The Kier molecular flexibility index (Phi) is 4.83. The van der Waals surface area contributed by atoms with Gasteiger partial charge in [0.1, 0.15) is 17.2 Å². The number of ether oxygens (including phenoxy) is 1. The van der Waals surface area contributed by atoms with Crippen molar-refractivity contribution in [1.82, 2.24) is 10.2 Å². The van der Waals surface area contributed by atoms with E-state index in [4.69, 9.17) is 4.74 Å². The zero-order valence-corrected chi connectivity index (χ0v) is 17.1. The number of hydrogen-bond acceptors (Lipinski definition) is 4. The molecule has 5 nitrogen and oxygen atoms in total. The topological polar surface area (TPSA) is 58.6 Å². The smallest absolute Gasteiger partial charge is 0.256 e. The molecule has 146 valence electrons. The zero-order chi connectivity index (χ0) is 19.9. The van der Waals surface area contributed by atoms with E-state index in [2.05, 4.69) is 5.32 Å². The molecule has 1 N–H and O–H groups in total. The van der Waals surface area contributed by atoms with Crippen molar-refractivity contribution in [3.63, 3.8) is 0 Å². The van der Waals surface area contributed by atoms with Gasteiger partial charge in [0.15, 0.2) is 0 Å². The molecule has 4 rings (SSSR count). The molecule has 2 aliphatic heterocycles. The van der Waals surface area contributed by atoms with Crippen molar-refractivity contribution in [1.29, 1.82) is 0 Å². The van der Waals surface area contributed by atoms with Crippen molar-refractivity contribution >= 4 is 23.6 Å². The lowest BCUT2D eigenvalue weighted by atomic mass is 10.0. The number of benzene rings is 2. The maximum atomic E-state index is 13.1. The van der Waals surface area contributed by atoms with Crippen LogP contribution in [0.3, 0.4) is 0 Å². The number of methoxy groups -OCH3 is 1. The number of nitrogens with one attached hydrogen (secondary N) is 1. The minimum atomic E-state index is -0.488. The van der Waals surface area contributed by atoms with E-state index in [-0.39, 0.29) is 21.9 Å². The molecular weight excluding hydrogens is 372 g/mol. The molecule has 2 aromatic rings. The summed E-state index contributed by atoms with van der Waals surface area (Å²) >= 11 is 1.69. The molecular formula is C22H24N2O3S. The highest BCUT2D eigenvalue weighted by Gasteiger charge is 2.57. The molecule has 2 amide bonds. The summed E-state index contributed by atoms with van der Waals surface area (Å²) in [7, 11) is 1.64. The van der Waals surface area contributed by atoms with Crippen LogP contribution < -0.4 is 10.1 Å². The second-order valence-corrected chi connectivity index (χ2v) is 9.40. The first kappa shape index (κ1) is 18.9. The predicted molar refractivity (Wildman–Crippen MR) is 111 cm³/mol. The Balaban J connectivity index is 1.45. The van der Waals surface area contributed by atoms with Gasteiger partial charge in [0.2, 0.25) is 5.91 Å². The molecule has 0 aliphatic carbocycles. The third kappa shape index (κ3) is 3.15. The minimum absolute atomic E-state index is 0.0472. The lowest BCUT2D eigenvalue weighted by Gasteiger charge is -2.29. The van der Waals surface area contributed by atoms with Gasteiger partial charge in [-0.05, 0) is 49.6 Å². The first-order valence-electron chi connectivity index (χ1n) is 9.42. The highest BCUT2D eigenvalue weighted by molar-refractivity contribution is 8.01. The average Bonchev–Trinajstić information content (AvgIpc) is 3.12. The summed E-state index contributed by atoms with van der Waals surface area (Å²) in [4.78, 5) is 27.8. The van der Waals surface area contributed by atoms with E-state index in [9.17, 15) is 9.59 Å². The summed E-state index contributed by atoms with van der Waals surface area (Å²) < 4.78 is 4.82. The van der Waals surface area contributed by atoms with Crippen LogP contribution in [-0.4, -0.2) is 41.2 Å². The molecule has 2 heterocycles. The molecule has 2 aliphatic rings. The van der Waals surface area contributed by atoms with Crippen LogP contribution in [0, 0.1) is 0 Å². The second kappa shape index (κ2) is 7.17. The molecule has 0 radical (unpaired) electrons. The Bertz CT molecular complexity index is 910. The fraction of sp³-hybridized carbons (Fsp3) is 0.364. The van der Waals surface area contributed by atoms with Gasteiger partial charge in [0, 0.05) is 16.9 Å². The van der Waals surface area contributed by atoms with E-state index in [1.54, 1.807) is 23.8 Å². The highest BCUT2D eigenvalue weighted by Crippen LogP contribution is 2.56. The maximum Gasteiger partial charge on any atom is 0.256 e. The van der Waals surface area contributed by atoms with Crippen molar-refractivity contribution < 1.29 is 14.3 Å². The van der Waals surface area contributed by atoms with E-state index >= 15 is 0 Å². The van der Waals surface area contributed by atoms with Crippen molar-refractivity contribution in [2.24, 2.45) is 0 Å². The number of amides is 2. The highest BCUT2D eigenvalue weighted by atomic mass is 32.2. The van der Waals surface area contributed by atoms with Crippen LogP contribution in [0.5, 0.6) is 5.75 Å². The van der Waals surface area contributed by atoms with Crippen LogP contribution >= 0.6 is 11.8 Å². The molecule has 1 saturated heterocycles. The van der Waals surface area contributed by atoms with E-state index in [1.165, 1.54) is 0 Å². The molecule has 28 heavy (non-hydrogen) atoms. The fourth-order valence-corrected chi connectivity index (χ4v) is 5.61. The number of thioether (sulfide) groups is 1. The normalized spacial score (nSPS) is 22.0. The van der Waals surface area contributed by atoms with E-state index in [0.29, 0.717) is 12.1 Å². The quantitative estimate of drug-likeness (QED) is 0.842. The van der Waals surface area contributed by atoms with E-state index in [0.717, 1.165) is 23.3 Å². The van der Waals surface area contributed by atoms with Crippen molar-refractivity contribution in [3.8, 4) is 5.75 Å². The number of carbonyl (C=O) groups is 2. The van der Waals surface area contributed by atoms with Gasteiger partial charge in [0.05, 0.1) is 7.11 Å². The Morgan fingerprint density at radius 1 is 1.18 bits per heavy atom. The molecule has 0 bridgehead atoms. The largest absolute Gasteiger partial charge is 0.497 e. The predicted octanol–water partition coefficient (Wildman–Crippen LogP) is 3.40.